The van der Waals surface area contributed by atoms with E-state index in [4.69, 9.17) is 14.5 Å². The van der Waals surface area contributed by atoms with E-state index in [9.17, 15) is 4.79 Å². The van der Waals surface area contributed by atoms with Crippen molar-refractivity contribution in [3.63, 3.8) is 0 Å². The quantitative estimate of drug-likeness (QED) is 0.460. The molecular formula is C25H22N2O3. The highest BCUT2D eigenvalue weighted by molar-refractivity contribution is 5.80. The third-order valence-corrected chi connectivity index (χ3v) is 4.73. The molecule has 0 saturated heterocycles. The lowest BCUT2D eigenvalue weighted by Crippen LogP contribution is -2.22. The first-order valence-electron chi connectivity index (χ1n) is 9.77. The molecule has 0 fully saturated rings. The number of nitrogens with zero attached hydrogens (tertiary/aromatic N) is 2. The number of aromatic nitrogens is 2. The van der Waals surface area contributed by atoms with Gasteiger partial charge in [-0.25, -0.2) is 4.98 Å². The highest BCUT2D eigenvalue weighted by Crippen LogP contribution is 2.28. The Balaban J connectivity index is 1.83. The van der Waals surface area contributed by atoms with Gasteiger partial charge in [0.25, 0.3) is 5.56 Å². The molecule has 0 aliphatic heterocycles. The molecule has 5 nitrogen and oxygen atoms in total. The van der Waals surface area contributed by atoms with Gasteiger partial charge in [-0.15, -0.1) is 0 Å². The fourth-order valence-electron chi connectivity index (χ4n) is 3.32. The first-order chi connectivity index (χ1) is 14.7. The van der Waals surface area contributed by atoms with Crippen LogP contribution in [-0.2, 0) is 0 Å². The third-order valence-electron chi connectivity index (χ3n) is 4.73. The Morgan fingerprint density at radius 2 is 1.70 bits per heavy atom. The zero-order valence-corrected chi connectivity index (χ0v) is 16.9. The van der Waals surface area contributed by atoms with Crippen molar-refractivity contribution in [3.05, 3.63) is 94.5 Å². The van der Waals surface area contributed by atoms with Gasteiger partial charge in [0, 0.05) is 0 Å². The summed E-state index contributed by atoms with van der Waals surface area (Å²) in [4.78, 5) is 18.0. The Bertz CT molecular complexity index is 1260. The van der Waals surface area contributed by atoms with Crippen LogP contribution in [0.15, 0.2) is 77.6 Å². The summed E-state index contributed by atoms with van der Waals surface area (Å²) in [6, 6.07) is 22.6. The topological polar surface area (TPSA) is 53.3 Å². The molecule has 0 bridgehead atoms. The summed E-state index contributed by atoms with van der Waals surface area (Å²) in [6.45, 7) is 2.50. The lowest BCUT2D eigenvalue weighted by molar-refractivity contribution is 0.311. The number of hydrogen-bond donors (Lipinski definition) is 0. The molecule has 1 aromatic heterocycles. The van der Waals surface area contributed by atoms with Crippen LogP contribution in [0.3, 0.4) is 0 Å². The number of rotatable bonds is 6. The lowest BCUT2D eigenvalue weighted by Gasteiger charge is -2.12. The molecule has 0 amide bonds. The monoisotopic (exact) mass is 398 g/mol. The highest BCUT2D eigenvalue weighted by Gasteiger charge is 2.11. The number of benzene rings is 3. The molecule has 0 aliphatic rings. The highest BCUT2D eigenvalue weighted by atomic mass is 16.5. The number of hydrogen-bond acceptors (Lipinski definition) is 4. The summed E-state index contributed by atoms with van der Waals surface area (Å²) >= 11 is 0. The van der Waals surface area contributed by atoms with Crippen LogP contribution in [0, 0.1) is 0 Å². The molecule has 0 unspecified atom stereocenters. The van der Waals surface area contributed by atoms with E-state index >= 15 is 0 Å². The van der Waals surface area contributed by atoms with Crippen molar-refractivity contribution in [1.29, 1.82) is 0 Å². The Morgan fingerprint density at radius 1 is 0.933 bits per heavy atom. The van der Waals surface area contributed by atoms with Crippen LogP contribution in [0.2, 0.25) is 0 Å². The van der Waals surface area contributed by atoms with Gasteiger partial charge >= 0.3 is 0 Å². The molecule has 4 aromatic rings. The average molecular weight is 398 g/mol. The minimum absolute atomic E-state index is 0.101. The van der Waals surface area contributed by atoms with Gasteiger partial charge in [-0.1, -0.05) is 42.5 Å². The van der Waals surface area contributed by atoms with E-state index in [-0.39, 0.29) is 5.56 Å². The fourth-order valence-corrected chi connectivity index (χ4v) is 3.32. The maximum absolute atomic E-state index is 13.2. The predicted octanol–water partition coefficient (Wildman–Crippen LogP) is 4.96. The van der Waals surface area contributed by atoms with Gasteiger partial charge in [0.1, 0.15) is 5.82 Å². The number of ether oxygens (including phenoxy) is 2. The Hall–Kier alpha value is -3.86. The molecule has 0 N–H and O–H groups in total. The van der Waals surface area contributed by atoms with E-state index in [1.807, 2.05) is 85.8 Å². The zero-order valence-electron chi connectivity index (χ0n) is 16.9. The second-order valence-electron chi connectivity index (χ2n) is 6.64. The minimum Gasteiger partial charge on any atom is -0.493 e. The Kier molecular flexibility index (Phi) is 5.61. The maximum Gasteiger partial charge on any atom is 0.266 e. The molecule has 150 valence electrons. The van der Waals surface area contributed by atoms with Gasteiger partial charge in [-0.05, 0) is 55.0 Å². The van der Waals surface area contributed by atoms with Crippen LogP contribution in [0.4, 0.5) is 0 Å². The van der Waals surface area contributed by atoms with Crippen LogP contribution in [-0.4, -0.2) is 23.3 Å². The minimum atomic E-state index is -0.101. The van der Waals surface area contributed by atoms with Crippen LogP contribution in [0.5, 0.6) is 11.5 Å². The molecule has 4 rings (SSSR count). The third kappa shape index (κ3) is 3.82. The molecule has 30 heavy (non-hydrogen) atoms. The standard InChI is InChI=1S/C25H22N2O3/c1-3-30-22-15-13-18(17-23(22)29-2)14-16-24-26-21-12-8-7-11-20(21)25(28)27(24)19-9-5-4-6-10-19/h4-17H,3H2,1-2H3/b16-14+. The molecular weight excluding hydrogens is 376 g/mol. The molecule has 0 aliphatic carbocycles. The van der Waals surface area contributed by atoms with Crippen molar-refractivity contribution < 1.29 is 9.47 Å². The molecule has 0 spiro atoms. The number of para-hydroxylation sites is 2. The fraction of sp³-hybridized carbons (Fsp3) is 0.120. The van der Waals surface area contributed by atoms with Crippen molar-refractivity contribution in [2.24, 2.45) is 0 Å². The smallest absolute Gasteiger partial charge is 0.266 e. The lowest BCUT2D eigenvalue weighted by atomic mass is 10.1. The molecule has 1 heterocycles. The summed E-state index contributed by atoms with van der Waals surface area (Å²) in [5, 5.41) is 0.584. The van der Waals surface area contributed by atoms with Crippen molar-refractivity contribution in [2.45, 2.75) is 6.92 Å². The van der Waals surface area contributed by atoms with Crippen LogP contribution in [0.25, 0.3) is 28.7 Å². The van der Waals surface area contributed by atoms with E-state index < -0.39 is 0 Å². The largest absolute Gasteiger partial charge is 0.493 e. The Labute approximate surface area is 174 Å². The first-order valence-corrected chi connectivity index (χ1v) is 9.77. The van der Waals surface area contributed by atoms with E-state index in [0.717, 1.165) is 11.3 Å². The van der Waals surface area contributed by atoms with Crippen LogP contribution in [0.1, 0.15) is 18.3 Å². The van der Waals surface area contributed by atoms with Crippen molar-refractivity contribution in [3.8, 4) is 17.2 Å². The van der Waals surface area contributed by atoms with Gasteiger partial charge in [0.05, 0.1) is 30.3 Å². The van der Waals surface area contributed by atoms with Crippen LogP contribution >= 0.6 is 0 Å². The Morgan fingerprint density at radius 3 is 2.47 bits per heavy atom. The van der Waals surface area contributed by atoms with Gasteiger partial charge < -0.3 is 9.47 Å². The van der Waals surface area contributed by atoms with Gasteiger partial charge in [-0.3, -0.25) is 9.36 Å². The maximum atomic E-state index is 13.2. The van der Waals surface area contributed by atoms with Crippen molar-refractivity contribution in [2.75, 3.05) is 13.7 Å². The van der Waals surface area contributed by atoms with E-state index in [0.29, 0.717) is 34.8 Å². The first kappa shape index (κ1) is 19.5. The second kappa shape index (κ2) is 8.66. The van der Waals surface area contributed by atoms with Crippen molar-refractivity contribution in [1.82, 2.24) is 9.55 Å². The predicted molar refractivity (Wildman–Crippen MR) is 120 cm³/mol. The van der Waals surface area contributed by atoms with Crippen LogP contribution < -0.4 is 15.0 Å². The molecule has 0 atom stereocenters. The average Bonchev–Trinajstić information content (AvgIpc) is 2.79. The van der Waals surface area contributed by atoms with E-state index in [1.165, 1.54) is 0 Å². The van der Waals surface area contributed by atoms with Gasteiger partial charge in [-0.2, -0.15) is 0 Å². The summed E-state index contributed by atoms with van der Waals surface area (Å²) in [5.74, 6) is 1.91. The molecule has 5 heteroatoms. The molecule has 3 aromatic carbocycles. The second-order valence-corrected chi connectivity index (χ2v) is 6.64. The zero-order chi connectivity index (χ0) is 20.9. The van der Waals surface area contributed by atoms with Crippen molar-refractivity contribution >= 4 is 23.1 Å². The van der Waals surface area contributed by atoms with Gasteiger partial charge in [0.2, 0.25) is 0 Å². The summed E-state index contributed by atoms with van der Waals surface area (Å²) in [5.41, 5.74) is 2.25. The normalized spacial score (nSPS) is 11.1. The van der Waals surface area contributed by atoms with Gasteiger partial charge in [0.15, 0.2) is 11.5 Å². The van der Waals surface area contributed by atoms with E-state index in [1.54, 1.807) is 17.7 Å². The summed E-state index contributed by atoms with van der Waals surface area (Å²) in [6.07, 6.45) is 3.75. The molecule has 0 saturated carbocycles. The number of methoxy groups -OCH3 is 1. The summed E-state index contributed by atoms with van der Waals surface area (Å²) in [7, 11) is 1.61. The molecule has 0 radical (unpaired) electrons. The van der Waals surface area contributed by atoms with E-state index in [2.05, 4.69) is 0 Å². The SMILES string of the molecule is CCOc1ccc(/C=C/c2nc3ccccc3c(=O)n2-c2ccccc2)cc1OC. The number of fused-ring (bicyclic) bond motifs is 1. The summed E-state index contributed by atoms with van der Waals surface area (Å²) < 4.78 is 12.6.